The van der Waals surface area contributed by atoms with Crippen LogP contribution in [0.25, 0.3) is 0 Å². The van der Waals surface area contributed by atoms with E-state index in [4.69, 9.17) is 24.3 Å². The highest BCUT2D eigenvalue weighted by Gasteiger charge is 2.25. The molecule has 0 saturated carbocycles. The summed E-state index contributed by atoms with van der Waals surface area (Å²) >= 11 is 0. The van der Waals surface area contributed by atoms with Crippen LogP contribution < -0.4 is 5.73 Å². The molecular weight excluding hydrogens is 681 g/mol. The van der Waals surface area contributed by atoms with Crippen molar-refractivity contribution < 1.29 is 42.7 Å². The molecule has 0 spiro atoms. The average Bonchev–Trinajstić information content (AvgIpc) is 3.12. The first-order chi connectivity index (χ1) is 25.2. The molecule has 0 bridgehead atoms. The van der Waals surface area contributed by atoms with E-state index in [-0.39, 0.29) is 38.7 Å². The second kappa shape index (κ2) is 37.0. The standard InChI is InChI=1S/C41H72NO9P/c1-3-5-6-7-8-9-10-12-16-19-22-25-28-32-40(44)48-36-39(37-50-52(46,47)49-35-34-42)51-41(45)33-29-26-23-20-17-14-11-13-15-18-21-24-27-31-38(43)30-4-2/h9-11,14-15,18,20,23-24,27,38-39,43H,3-8,12-13,16-17,19,21-22,25-26,28-37,42H2,1-2H3,(H,46,47)/b10-9-,14-11-,18-15-,23-20-,27-24-/t38?,39-/m1/s1. The van der Waals surface area contributed by atoms with Crippen LogP contribution in [0.5, 0.6) is 0 Å². The van der Waals surface area contributed by atoms with Gasteiger partial charge in [0, 0.05) is 19.4 Å². The lowest BCUT2D eigenvalue weighted by Gasteiger charge is -2.19. The van der Waals surface area contributed by atoms with Gasteiger partial charge >= 0.3 is 19.8 Å². The first-order valence-electron chi connectivity index (χ1n) is 19.8. The van der Waals surface area contributed by atoms with Gasteiger partial charge in [-0.3, -0.25) is 18.6 Å². The summed E-state index contributed by atoms with van der Waals surface area (Å²) < 4.78 is 32.6. The summed E-state index contributed by atoms with van der Waals surface area (Å²) in [6.45, 7) is 3.40. The molecule has 0 rings (SSSR count). The molecular formula is C41H72NO9P. The molecule has 11 heteroatoms. The number of hydrogen-bond donors (Lipinski definition) is 3. The minimum atomic E-state index is -4.40. The van der Waals surface area contributed by atoms with Gasteiger partial charge in [-0.2, -0.15) is 0 Å². The number of phosphoric acid groups is 1. The lowest BCUT2D eigenvalue weighted by Crippen LogP contribution is -2.29. The normalized spacial score (nSPS) is 14.6. The fraction of sp³-hybridized carbons (Fsp3) is 0.707. The Morgan fingerprint density at radius 2 is 1.19 bits per heavy atom. The van der Waals surface area contributed by atoms with Crippen molar-refractivity contribution >= 4 is 19.8 Å². The molecule has 0 fully saturated rings. The quantitative estimate of drug-likeness (QED) is 0.0244. The van der Waals surface area contributed by atoms with Gasteiger partial charge in [-0.25, -0.2) is 4.57 Å². The molecule has 0 aliphatic heterocycles. The number of rotatable bonds is 36. The van der Waals surface area contributed by atoms with Crippen molar-refractivity contribution in [2.75, 3.05) is 26.4 Å². The van der Waals surface area contributed by atoms with E-state index in [1.165, 1.54) is 32.1 Å². The molecule has 0 radical (unpaired) electrons. The van der Waals surface area contributed by atoms with Crippen LogP contribution in [-0.2, 0) is 32.7 Å². The first-order valence-corrected chi connectivity index (χ1v) is 21.3. The van der Waals surface area contributed by atoms with Crippen LogP contribution in [0.15, 0.2) is 60.8 Å². The zero-order valence-corrected chi connectivity index (χ0v) is 33.3. The van der Waals surface area contributed by atoms with E-state index in [1.807, 2.05) is 18.2 Å². The van der Waals surface area contributed by atoms with Crippen molar-refractivity contribution in [3.8, 4) is 0 Å². The number of carbonyl (C=O) groups excluding carboxylic acids is 2. The second-order valence-corrected chi connectivity index (χ2v) is 14.4. The van der Waals surface area contributed by atoms with Crippen LogP contribution in [-0.4, -0.2) is 60.5 Å². The maximum absolute atomic E-state index is 12.5. The molecule has 300 valence electrons. The fourth-order valence-corrected chi connectivity index (χ4v) is 5.75. The molecule has 0 aliphatic carbocycles. The number of esters is 2. The first kappa shape index (κ1) is 49.7. The van der Waals surface area contributed by atoms with Crippen LogP contribution in [0, 0.1) is 0 Å². The molecule has 2 unspecified atom stereocenters. The Balaban J connectivity index is 4.36. The highest BCUT2D eigenvalue weighted by Crippen LogP contribution is 2.43. The van der Waals surface area contributed by atoms with Crippen LogP contribution in [0.2, 0.25) is 0 Å². The smallest absolute Gasteiger partial charge is 0.462 e. The molecule has 0 heterocycles. The molecule has 0 aromatic heterocycles. The van der Waals surface area contributed by atoms with Gasteiger partial charge in [-0.05, 0) is 77.0 Å². The van der Waals surface area contributed by atoms with Crippen molar-refractivity contribution in [1.29, 1.82) is 0 Å². The topological polar surface area (TPSA) is 155 Å². The zero-order chi connectivity index (χ0) is 38.4. The van der Waals surface area contributed by atoms with Gasteiger partial charge in [-0.15, -0.1) is 0 Å². The molecule has 0 amide bonds. The number of carbonyl (C=O) groups is 2. The Labute approximate surface area is 315 Å². The third-order valence-corrected chi connectivity index (χ3v) is 8.92. The van der Waals surface area contributed by atoms with Crippen molar-refractivity contribution in [3.63, 3.8) is 0 Å². The number of ether oxygens (including phenoxy) is 2. The minimum Gasteiger partial charge on any atom is -0.462 e. The Kier molecular flexibility index (Phi) is 35.3. The zero-order valence-electron chi connectivity index (χ0n) is 32.4. The number of aliphatic hydroxyl groups excluding tert-OH is 1. The van der Waals surface area contributed by atoms with Gasteiger partial charge in [-0.1, -0.05) is 120 Å². The number of unbranched alkanes of at least 4 members (excludes halogenated alkanes) is 10. The predicted molar refractivity (Wildman–Crippen MR) is 212 cm³/mol. The van der Waals surface area contributed by atoms with E-state index in [0.717, 1.165) is 64.2 Å². The molecule has 0 aromatic rings. The SMILES string of the molecule is CCCCCC/C=C\CCCCCCCC(=O)OC[C@H](COP(=O)(O)OCCN)OC(=O)CCC/C=C\C/C=C\C/C=C\C/C=C\CC(O)CCC. The van der Waals surface area contributed by atoms with E-state index < -0.39 is 32.5 Å². The third kappa shape index (κ3) is 36.0. The number of nitrogens with two attached hydrogens (primary N) is 1. The Morgan fingerprint density at radius 1 is 0.654 bits per heavy atom. The highest BCUT2D eigenvalue weighted by molar-refractivity contribution is 7.47. The monoisotopic (exact) mass is 753 g/mol. The van der Waals surface area contributed by atoms with Gasteiger partial charge < -0.3 is 25.2 Å². The Hall–Kier alpha value is -2.33. The van der Waals surface area contributed by atoms with Crippen LogP contribution >= 0.6 is 7.82 Å². The summed E-state index contributed by atoms with van der Waals surface area (Å²) in [5.41, 5.74) is 5.33. The lowest BCUT2D eigenvalue weighted by atomic mass is 10.1. The molecule has 52 heavy (non-hydrogen) atoms. The van der Waals surface area contributed by atoms with Crippen LogP contribution in [0.4, 0.5) is 0 Å². The molecule has 10 nitrogen and oxygen atoms in total. The van der Waals surface area contributed by atoms with E-state index in [1.54, 1.807) is 0 Å². The third-order valence-electron chi connectivity index (χ3n) is 7.93. The van der Waals surface area contributed by atoms with Crippen molar-refractivity contribution in [3.05, 3.63) is 60.8 Å². The Morgan fingerprint density at radius 3 is 1.83 bits per heavy atom. The highest BCUT2D eigenvalue weighted by atomic mass is 31.2. The molecule has 4 N–H and O–H groups in total. The summed E-state index contributed by atoms with van der Waals surface area (Å²) in [6.07, 6.45) is 38.9. The average molecular weight is 754 g/mol. The van der Waals surface area contributed by atoms with Crippen LogP contribution in [0.1, 0.15) is 149 Å². The molecule has 0 aliphatic rings. The van der Waals surface area contributed by atoms with Gasteiger partial charge in [0.1, 0.15) is 6.61 Å². The van der Waals surface area contributed by atoms with Gasteiger partial charge in [0.05, 0.1) is 19.3 Å². The minimum absolute atomic E-state index is 0.0349. The van der Waals surface area contributed by atoms with E-state index in [9.17, 15) is 24.2 Å². The van der Waals surface area contributed by atoms with Crippen LogP contribution in [0.3, 0.4) is 0 Å². The van der Waals surface area contributed by atoms with Crippen molar-refractivity contribution in [1.82, 2.24) is 0 Å². The summed E-state index contributed by atoms with van der Waals surface area (Å²) in [4.78, 5) is 34.7. The van der Waals surface area contributed by atoms with E-state index in [0.29, 0.717) is 25.7 Å². The van der Waals surface area contributed by atoms with Gasteiger partial charge in [0.2, 0.25) is 0 Å². The summed E-state index contributed by atoms with van der Waals surface area (Å²) in [6, 6.07) is 0. The number of hydrogen-bond acceptors (Lipinski definition) is 9. The summed E-state index contributed by atoms with van der Waals surface area (Å²) in [5.74, 6) is -0.931. The maximum Gasteiger partial charge on any atom is 0.472 e. The number of allylic oxidation sites excluding steroid dienone is 9. The second-order valence-electron chi connectivity index (χ2n) is 13.0. The van der Waals surface area contributed by atoms with Gasteiger partial charge in [0.25, 0.3) is 0 Å². The number of aliphatic hydroxyl groups is 1. The largest absolute Gasteiger partial charge is 0.472 e. The van der Waals surface area contributed by atoms with Crippen molar-refractivity contribution in [2.24, 2.45) is 5.73 Å². The molecule has 0 saturated heterocycles. The van der Waals surface area contributed by atoms with E-state index >= 15 is 0 Å². The fourth-order valence-electron chi connectivity index (χ4n) is 4.99. The van der Waals surface area contributed by atoms with Gasteiger partial charge in [0.15, 0.2) is 6.10 Å². The molecule has 0 aromatic carbocycles. The Bertz CT molecular complexity index is 1060. The summed E-state index contributed by atoms with van der Waals surface area (Å²) in [7, 11) is -4.40. The van der Waals surface area contributed by atoms with E-state index in [2.05, 4.69) is 56.4 Å². The van der Waals surface area contributed by atoms with Crippen molar-refractivity contribution in [2.45, 2.75) is 161 Å². The molecule has 3 atom stereocenters. The lowest BCUT2D eigenvalue weighted by molar-refractivity contribution is -0.161. The summed E-state index contributed by atoms with van der Waals surface area (Å²) in [5, 5.41) is 9.71. The number of phosphoric ester groups is 1. The maximum atomic E-state index is 12.5. The predicted octanol–water partition coefficient (Wildman–Crippen LogP) is 9.91.